The number of aromatic hydroxyl groups is 3. The molecule has 3 aromatic carbocycles. The molecule has 3 aliphatic rings. The molecule has 0 saturated heterocycles. The number of phenols is 3. The fourth-order valence-electron chi connectivity index (χ4n) is 9.06. The molecule has 3 nitrogen and oxygen atoms in total. The van der Waals surface area contributed by atoms with E-state index in [9.17, 15) is 15.3 Å². The third-order valence-corrected chi connectivity index (χ3v) is 11.5. The van der Waals surface area contributed by atoms with Crippen LogP contribution in [0.3, 0.4) is 0 Å². The molecule has 1 atom stereocenters. The van der Waals surface area contributed by atoms with E-state index >= 15 is 0 Å². The molecule has 6 rings (SSSR count). The van der Waals surface area contributed by atoms with Gasteiger partial charge in [0.05, 0.1) is 0 Å². The molecule has 3 fully saturated rings. The van der Waals surface area contributed by atoms with Crippen LogP contribution in [0.2, 0.25) is 0 Å². The molecule has 0 bridgehead atoms. The zero-order valence-electron chi connectivity index (χ0n) is 26.9. The highest BCUT2D eigenvalue weighted by Gasteiger charge is 2.30. The third-order valence-electron chi connectivity index (χ3n) is 11.5. The molecular formula is C40H52O3. The van der Waals surface area contributed by atoms with Crippen LogP contribution in [-0.2, 0) is 0 Å². The summed E-state index contributed by atoms with van der Waals surface area (Å²) in [5, 5.41) is 33.2. The number of aryl methyl sites for hydroxylation is 3. The van der Waals surface area contributed by atoms with E-state index in [4.69, 9.17) is 0 Å². The lowest BCUT2D eigenvalue weighted by atomic mass is 9.75. The van der Waals surface area contributed by atoms with E-state index in [-0.39, 0.29) is 11.8 Å². The van der Waals surface area contributed by atoms with E-state index in [0.29, 0.717) is 35.0 Å². The first-order chi connectivity index (χ1) is 20.7. The Labute approximate surface area is 259 Å². The number of benzene rings is 3. The van der Waals surface area contributed by atoms with Gasteiger partial charge in [-0.25, -0.2) is 0 Å². The maximum Gasteiger partial charge on any atom is 0.119 e. The van der Waals surface area contributed by atoms with Crippen LogP contribution in [0.5, 0.6) is 17.2 Å². The Morgan fingerprint density at radius 3 is 1.16 bits per heavy atom. The lowest BCUT2D eigenvalue weighted by molar-refractivity contribution is 0.459. The van der Waals surface area contributed by atoms with Crippen molar-refractivity contribution in [3.05, 3.63) is 86.5 Å². The van der Waals surface area contributed by atoms with Crippen LogP contribution >= 0.6 is 0 Å². The van der Waals surface area contributed by atoms with Crippen molar-refractivity contribution in [2.45, 2.75) is 141 Å². The Morgan fingerprint density at radius 1 is 0.512 bits per heavy atom. The quantitative estimate of drug-likeness (QED) is 0.248. The molecule has 1 unspecified atom stereocenters. The second-order valence-electron chi connectivity index (χ2n) is 14.4. The van der Waals surface area contributed by atoms with Gasteiger partial charge in [-0.15, -0.1) is 0 Å². The van der Waals surface area contributed by atoms with Crippen LogP contribution in [0, 0.1) is 20.8 Å². The number of hydrogen-bond acceptors (Lipinski definition) is 3. The zero-order valence-corrected chi connectivity index (χ0v) is 26.9. The normalized spacial score (nSPS) is 19.2. The third kappa shape index (κ3) is 6.06. The molecule has 0 aromatic heterocycles. The second kappa shape index (κ2) is 12.6. The first-order valence-corrected chi connectivity index (χ1v) is 17.2. The smallest absolute Gasteiger partial charge is 0.119 e. The van der Waals surface area contributed by atoms with Crippen LogP contribution in [0.25, 0.3) is 0 Å². The zero-order chi connectivity index (χ0) is 30.2. The molecule has 0 spiro atoms. The summed E-state index contributed by atoms with van der Waals surface area (Å²) in [6.07, 6.45) is 15.3. The molecule has 3 aromatic rings. The minimum absolute atomic E-state index is 0.139. The SMILES string of the molecule is Cc1cc(O)c(C2CCCC2)cc1C(C)CC(c1cc(C2CCCC2)c(O)cc1C)c1cc(C2CCCC2)c(O)cc1C. The van der Waals surface area contributed by atoms with Crippen LogP contribution in [-0.4, -0.2) is 15.3 Å². The summed E-state index contributed by atoms with van der Waals surface area (Å²) in [6.45, 7) is 8.81. The highest BCUT2D eigenvalue weighted by Crippen LogP contribution is 2.48. The van der Waals surface area contributed by atoms with Gasteiger partial charge < -0.3 is 15.3 Å². The highest BCUT2D eigenvalue weighted by molar-refractivity contribution is 5.53. The van der Waals surface area contributed by atoms with Crippen LogP contribution in [0.1, 0.15) is 170 Å². The Balaban J connectivity index is 1.45. The lowest BCUT2D eigenvalue weighted by Gasteiger charge is -2.29. The number of rotatable bonds is 8. The first-order valence-electron chi connectivity index (χ1n) is 17.2. The van der Waals surface area contributed by atoms with Gasteiger partial charge in [-0.3, -0.25) is 0 Å². The van der Waals surface area contributed by atoms with E-state index in [0.717, 1.165) is 65.5 Å². The molecule has 0 heterocycles. The number of hydrogen-bond donors (Lipinski definition) is 3. The number of phenolic OH excluding ortho intramolecular Hbond substituents is 3. The Kier molecular flexibility index (Phi) is 8.81. The molecule has 3 aliphatic carbocycles. The highest BCUT2D eigenvalue weighted by atomic mass is 16.3. The molecule has 0 amide bonds. The van der Waals surface area contributed by atoms with Crippen molar-refractivity contribution >= 4 is 0 Å². The molecule has 230 valence electrons. The van der Waals surface area contributed by atoms with Gasteiger partial charge in [0.15, 0.2) is 0 Å². The molecule has 3 heteroatoms. The van der Waals surface area contributed by atoms with E-state index < -0.39 is 0 Å². The monoisotopic (exact) mass is 580 g/mol. The van der Waals surface area contributed by atoms with Crippen molar-refractivity contribution in [2.75, 3.05) is 0 Å². The van der Waals surface area contributed by atoms with Gasteiger partial charge in [0.25, 0.3) is 0 Å². The van der Waals surface area contributed by atoms with Crippen LogP contribution in [0.4, 0.5) is 0 Å². The van der Waals surface area contributed by atoms with E-state index in [1.165, 1.54) is 68.1 Å². The lowest BCUT2D eigenvalue weighted by Crippen LogP contribution is -2.12. The largest absolute Gasteiger partial charge is 0.508 e. The van der Waals surface area contributed by atoms with Crippen molar-refractivity contribution in [3.8, 4) is 17.2 Å². The van der Waals surface area contributed by atoms with Crippen molar-refractivity contribution in [3.63, 3.8) is 0 Å². The van der Waals surface area contributed by atoms with E-state index in [1.807, 2.05) is 18.2 Å². The van der Waals surface area contributed by atoms with E-state index in [2.05, 4.69) is 45.9 Å². The second-order valence-corrected chi connectivity index (χ2v) is 14.4. The van der Waals surface area contributed by atoms with Crippen molar-refractivity contribution < 1.29 is 15.3 Å². The fourth-order valence-corrected chi connectivity index (χ4v) is 9.06. The van der Waals surface area contributed by atoms with Gasteiger partial charge >= 0.3 is 0 Å². The first kappa shape index (κ1) is 30.1. The van der Waals surface area contributed by atoms with Gasteiger partial charge in [-0.05, 0) is 158 Å². The summed E-state index contributed by atoms with van der Waals surface area (Å²) in [5.74, 6) is 3.10. The average molecular weight is 581 g/mol. The Bertz CT molecular complexity index is 1380. The van der Waals surface area contributed by atoms with Gasteiger partial charge in [0.2, 0.25) is 0 Å². The molecule has 3 N–H and O–H groups in total. The van der Waals surface area contributed by atoms with Gasteiger partial charge in [-0.1, -0.05) is 63.6 Å². The summed E-state index contributed by atoms with van der Waals surface area (Å²) in [5.41, 5.74) is 10.8. The summed E-state index contributed by atoms with van der Waals surface area (Å²) in [4.78, 5) is 0. The summed E-state index contributed by atoms with van der Waals surface area (Å²) in [6, 6.07) is 13.0. The van der Waals surface area contributed by atoms with Crippen molar-refractivity contribution in [2.24, 2.45) is 0 Å². The molecule has 43 heavy (non-hydrogen) atoms. The Hall–Kier alpha value is -2.94. The summed E-state index contributed by atoms with van der Waals surface area (Å²) >= 11 is 0. The molecular weight excluding hydrogens is 528 g/mol. The molecule has 0 aliphatic heterocycles. The van der Waals surface area contributed by atoms with Crippen LogP contribution in [0.15, 0.2) is 36.4 Å². The summed E-state index contributed by atoms with van der Waals surface area (Å²) < 4.78 is 0. The summed E-state index contributed by atoms with van der Waals surface area (Å²) in [7, 11) is 0. The van der Waals surface area contributed by atoms with Crippen LogP contribution < -0.4 is 0 Å². The molecule has 3 saturated carbocycles. The van der Waals surface area contributed by atoms with Gasteiger partial charge in [0, 0.05) is 5.92 Å². The minimum atomic E-state index is 0.139. The average Bonchev–Trinajstić information content (AvgIpc) is 3.77. The standard InChI is InChI=1S/C40H52O3/c1-24(31-21-34(28-11-5-6-12-28)38(41)18-25(31)2)17-37(32-22-35(29-13-7-8-14-29)39(42)19-26(32)3)33-23-36(30-15-9-10-16-30)40(43)20-27(33)4/h18-24,28-30,37,41-43H,5-17H2,1-4H3. The van der Waals surface area contributed by atoms with Crippen molar-refractivity contribution in [1.29, 1.82) is 0 Å². The van der Waals surface area contributed by atoms with E-state index in [1.54, 1.807) is 0 Å². The van der Waals surface area contributed by atoms with Crippen molar-refractivity contribution in [1.82, 2.24) is 0 Å². The fraction of sp³-hybridized carbons (Fsp3) is 0.550. The maximum absolute atomic E-state index is 11.1. The predicted octanol–water partition coefficient (Wildman–Crippen LogP) is 11.0. The minimum Gasteiger partial charge on any atom is -0.508 e. The maximum atomic E-state index is 11.1. The molecule has 0 radical (unpaired) electrons. The predicted molar refractivity (Wildman–Crippen MR) is 177 cm³/mol. The topological polar surface area (TPSA) is 60.7 Å². The Morgan fingerprint density at radius 2 is 0.814 bits per heavy atom. The van der Waals surface area contributed by atoms with Gasteiger partial charge in [0.1, 0.15) is 17.2 Å². The van der Waals surface area contributed by atoms with Gasteiger partial charge in [-0.2, -0.15) is 0 Å².